The Balaban J connectivity index is 1.80. The first-order valence-corrected chi connectivity index (χ1v) is 10.2. The zero-order valence-electron chi connectivity index (χ0n) is 16.1. The van der Waals surface area contributed by atoms with Crippen LogP contribution in [0.4, 0.5) is 13.2 Å². The van der Waals surface area contributed by atoms with Crippen molar-refractivity contribution in [3.05, 3.63) is 59.7 Å². The molecule has 146 valence electrons. The summed E-state index contributed by atoms with van der Waals surface area (Å²) in [6, 6.07) is 14.0. The lowest BCUT2D eigenvalue weighted by atomic mass is 9.66. The average molecular weight is 374 g/mol. The molecule has 0 aromatic heterocycles. The van der Waals surface area contributed by atoms with Crippen molar-refractivity contribution in [3.63, 3.8) is 0 Å². The van der Waals surface area contributed by atoms with Gasteiger partial charge in [-0.1, -0.05) is 81.8 Å². The normalized spacial score (nSPS) is 17.0. The maximum atomic E-state index is 12.8. The van der Waals surface area contributed by atoms with E-state index in [1.54, 1.807) is 12.1 Å². The van der Waals surface area contributed by atoms with Gasteiger partial charge in [-0.05, 0) is 53.5 Å². The summed E-state index contributed by atoms with van der Waals surface area (Å²) in [5.74, 6) is 0. The fraction of sp³-hybridized carbons (Fsp3) is 0.500. The predicted molar refractivity (Wildman–Crippen MR) is 106 cm³/mol. The van der Waals surface area contributed by atoms with E-state index >= 15 is 0 Å². The molecule has 1 fully saturated rings. The summed E-state index contributed by atoms with van der Waals surface area (Å²) in [5.41, 5.74) is 2.92. The van der Waals surface area contributed by atoms with Gasteiger partial charge >= 0.3 is 6.18 Å². The van der Waals surface area contributed by atoms with Crippen LogP contribution in [0.15, 0.2) is 48.5 Å². The molecule has 0 atom stereocenters. The number of halogens is 3. The minimum absolute atomic E-state index is 0.298. The second-order valence-electron chi connectivity index (χ2n) is 7.95. The first-order valence-electron chi connectivity index (χ1n) is 10.2. The van der Waals surface area contributed by atoms with Crippen LogP contribution in [-0.2, 0) is 11.6 Å². The van der Waals surface area contributed by atoms with Gasteiger partial charge in [0.15, 0.2) is 0 Å². The molecule has 0 saturated heterocycles. The molecule has 0 aliphatic heterocycles. The van der Waals surface area contributed by atoms with E-state index in [9.17, 15) is 13.2 Å². The van der Waals surface area contributed by atoms with Crippen molar-refractivity contribution in [2.24, 2.45) is 0 Å². The molecule has 0 nitrogen and oxygen atoms in total. The van der Waals surface area contributed by atoms with E-state index in [1.807, 2.05) is 0 Å². The van der Waals surface area contributed by atoms with Crippen molar-refractivity contribution >= 4 is 0 Å². The number of hydrogen-bond donors (Lipinski definition) is 0. The van der Waals surface area contributed by atoms with Crippen LogP contribution < -0.4 is 0 Å². The van der Waals surface area contributed by atoms with Crippen LogP contribution >= 0.6 is 0 Å². The standard InChI is InChI=1S/C24H29F3/c1-2-3-5-16-23(17-6-4-7-18-23)21-12-8-19(9-13-21)20-10-14-22(15-11-20)24(25,26)27/h8-15H,2-7,16-18H2,1H3. The lowest BCUT2D eigenvalue weighted by Crippen LogP contribution is -2.29. The summed E-state index contributed by atoms with van der Waals surface area (Å²) in [4.78, 5) is 0. The average Bonchev–Trinajstić information content (AvgIpc) is 2.68. The van der Waals surface area contributed by atoms with Gasteiger partial charge in [0.2, 0.25) is 0 Å². The Morgan fingerprint density at radius 3 is 1.85 bits per heavy atom. The Morgan fingerprint density at radius 2 is 1.33 bits per heavy atom. The van der Waals surface area contributed by atoms with Crippen molar-refractivity contribution in [2.45, 2.75) is 76.3 Å². The molecular weight excluding hydrogens is 345 g/mol. The van der Waals surface area contributed by atoms with E-state index in [2.05, 4.69) is 31.2 Å². The van der Waals surface area contributed by atoms with Gasteiger partial charge in [-0.3, -0.25) is 0 Å². The molecule has 0 radical (unpaired) electrons. The summed E-state index contributed by atoms with van der Waals surface area (Å²) >= 11 is 0. The number of rotatable bonds is 6. The molecule has 1 aliphatic carbocycles. The zero-order chi connectivity index (χ0) is 19.3. The SMILES string of the molecule is CCCCCC1(c2ccc(-c3ccc(C(F)(F)F)cc3)cc2)CCCCC1. The maximum Gasteiger partial charge on any atom is 0.416 e. The van der Waals surface area contributed by atoms with Crippen molar-refractivity contribution in [1.29, 1.82) is 0 Å². The van der Waals surface area contributed by atoms with Crippen LogP contribution in [0.2, 0.25) is 0 Å². The summed E-state index contributed by atoms with van der Waals surface area (Å²) in [7, 11) is 0. The van der Waals surface area contributed by atoms with Gasteiger partial charge in [-0.15, -0.1) is 0 Å². The van der Waals surface area contributed by atoms with Gasteiger partial charge in [-0.2, -0.15) is 13.2 Å². The smallest absolute Gasteiger partial charge is 0.166 e. The van der Waals surface area contributed by atoms with E-state index in [0.29, 0.717) is 5.41 Å². The Hall–Kier alpha value is -1.77. The van der Waals surface area contributed by atoms with Crippen LogP contribution in [-0.4, -0.2) is 0 Å². The first-order chi connectivity index (χ1) is 12.9. The highest BCUT2D eigenvalue weighted by Crippen LogP contribution is 2.44. The van der Waals surface area contributed by atoms with Gasteiger partial charge in [0.1, 0.15) is 0 Å². The minimum Gasteiger partial charge on any atom is -0.166 e. The molecule has 1 saturated carbocycles. The minimum atomic E-state index is -4.28. The van der Waals surface area contributed by atoms with Crippen LogP contribution in [0.5, 0.6) is 0 Å². The van der Waals surface area contributed by atoms with Gasteiger partial charge in [-0.25, -0.2) is 0 Å². The molecular formula is C24H29F3. The fourth-order valence-corrected chi connectivity index (χ4v) is 4.49. The molecule has 27 heavy (non-hydrogen) atoms. The third kappa shape index (κ3) is 4.75. The summed E-state index contributed by atoms with van der Waals surface area (Å²) < 4.78 is 38.3. The van der Waals surface area contributed by atoms with Crippen LogP contribution in [0.25, 0.3) is 11.1 Å². The number of unbranched alkanes of at least 4 members (excludes halogenated alkanes) is 2. The van der Waals surface area contributed by atoms with E-state index in [-0.39, 0.29) is 0 Å². The molecule has 0 bridgehead atoms. The van der Waals surface area contributed by atoms with E-state index in [0.717, 1.165) is 23.3 Å². The zero-order valence-corrected chi connectivity index (χ0v) is 16.1. The molecule has 0 spiro atoms. The van der Waals surface area contributed by atoms with Gasteiger partial charge in [0.25, 0.3) is 0 Å². The number of benzene rings is 2. The Bertz CT molecular complexity index is 705. The number of alkyl halides is 3. The summed E-state index contributed by atoms with van der Waals surface area (Å²) in [6.45, 7) is 2.24. The lowest BCUT2D eigenvalue weighted by Gasteiger charge is -2.38. The van der Waals surface area contributed by atoms with E-state index in [4.69, 9.17) is 0 Å². The molecule has 2 aromatic rings. The molecule has 0 heterocycles. The Kier molecular flexibility index (Phi) is 6.29. The van der Waals surface area contributed by atoms with Gasteiger partial charge in [0, 0.05) is 0 Å². The highest BCUT2D eigenvalue weighted by atomic mass is 19.4. The largest absolute Gasteiger partial charge is 0.416 e. The summed E-state index contributed by atoms with van der Waals surface area (Å²) in [5, 5.41) is 0. The molecule has 1 aliphatic rings. The van der Waals surface area contributed by atoms with Crippen molar-refractivity contribution in [1.82, 2.24) is 0 Å². The predicted octanol–water partition coefficient (Wildman–Crippen LogP) is 8.15. The molecule has 0 N–H and O–H groups in total. The highest BCUT2D eigenvalue weighted by Gasteiger charge is 2.33. The van der Waals surface area contributed by atoms with Crippen molar-refractivity contribution in [2.75, 3.05) is 0 Å². The van der Waals surface area contributed by atoms with Crippen LogP contribution in [0.3, 0.4) is 0 Å². The molecule has 0 unspecified atom stereocenters. The molecule has 0 amide bonds. The third-order valence-electron chi connectivity index (χ3n) is 6.11. The van der Waals surface area contributed by atoms with Crippen molar-refractivity contribution in [3.8, 4) is 11.1 Å². The Morgan fingerprint density at radius 1 is 0.778 bits per heavy atom. The topological polar surface area (TPSA) is 0 Å². The first kappa shape index (κ1) is 20.0. The number of hydrogen-bond acceptors (Lipinski definition) is 0. The quantitative estimate of drug-likeness (QED) is 0.447. The van der Waals surface area contributed by atoms with Crippen LogP contribution in [0.1, 0.15) is 75.8 Å². The second kappa shape index (κ2) is 8.50. The second-order valence-corrected chi connectivity index (χ2v) is 7.95. The van der Waals surface area contributed by atoms with E-state index < -0.39 is 11.7 Å². The monoisotopic (exact) mass is 374 g/mol. The molecule has 3 rings (SSSR count). The van der Waals surface area contributed by atoms with Gasteiger partial charge in [0.05, 0.1) is 5.56 Å². The fourth-order valence-electron chi connectivity index (χ4n) is 4.49. The summed E-state index contributed by atoms with van der Waals surface area (Å²) in [6.07, 6.45) is 7.21. The van der Waals surface area contributed by atoms with E-state index in [1.165, 1.54) is 63.4 Å². The van der Waals surface area contributed by atoms with Gasteiger partial charge < -0.3 is 0 Å². The lowest BCUT2D eigenvalue weighted by molar-refractivity contribution is -0.137. The van der Waals surface area contributed by atoms with Crippen molar-refractivity contribution < 1.29 is 13.2 Å². The Labute approximate surface area is 160 Å². The van der Waals surface area contributed by atoms with Crippen LogP contribution in [0, 0.1) is 0 Å². The molecule has 2 aromatic carbocycles. The maximum absolute atomic E-state index is 12.8. The molecule has 3 heteroatoms. The highest BCUT2D eigenvalue weighted by molar-refractivity contribution is 5.64. The third-order valence-corrected chi connectivity index (χ3v) is 6.11.